The summed E-state index contributed by atoms with van der Waals surface area (Å²) in [4.78, 5) is 22.8. The lowest BCUT2D eigenvalue weighted by Gasteiger charge is -2.46. The number of para-hydroxylation sites is 2. The monoisotopic (exact) mass is 948 g/mol. The van der Waals surface area contributed by atoms with Gasteiger partial charge in [-0.3, -0.25) is 4.57 Å². The molecule has 1 spiro atoms. The number of rotatable bonds is 4. The lowest BCUT2D eigenvalue weighted by molar-refractivity contribution is 0.482. The first-order valence-electron chi connectivity index (χ1n) is 25.5. The summed E-state index contributed by atoms with van der Waals surface area (Å²) in [5, 5.41) is 2.28. The predicted octanol–water partition coefficient (Wildman–Crippen LogP) is 15.5. The van der Waals surface area contributed by atoms with E-state index in [1.165, 1.54) is 85.4 Å². The highest BCUT2D eigenvalue weighted by Gasteiger charge is 2.57. The Labute approximate surface area is 424 Å². The first-order valence-corrected chi connectivity index (χ1v) is 25.5. The van der Waals surface area contributed by atoms with Crippen LogP contribution in [-0.4, -0.2) is 38.2 Å². The fourth-order valence-electron chi connectivity index (χ4n) is 12.1. The third kappa shape index (κ3) is 6.70. The second kappa shape index (κ2) is 15.3. The average Bonchev–Trinajstić information content (AvgIpc) is 3.95. The lowest BCUT2D eigenvalue weighted by atomic mass is 9.59. The third-order valence-electron chi connectivity index (χ3n) is 15.7. The molecule has 12 rings (SSSR count). The number of ether oxygens (including phenoxy) is 1. The van der Waals surface area contributed by atoms with Gasteiger partial charge in [0.25, 0.3) is 0 Å². The Kier molecular flexibility index (Phi) is 9.76. The Balaban J connectivity index is 1.10. The summed E-state index contributed by atoms with van der Waals surface area (Å²) in [7, 11) is 2.23. The molecule has 6 aromatic carbocycles. The lowest BCUT2D eigenvalue weighted by Crippen LogP contribution is -2.40. The maximum atomic E-state index is 7.12. The molecule has 8 heteroatoms. The van der Waals surface area contributed by atoms with Crippen LogP contribution in [0.3, 0.4) is 0 Å². The molecule has 5 heterocycles. The van der Waals surface area contributed by atoms with Crippen LogP contribution in [0, 0.1) is 6.92 Å². The summed E-state index contributed by atoms with van der Waals surface area (Å²) >= 11 is 0. The van der Waals surface area contributed by atoms with Crippen LogP contribution >= 0.6 is 0 Å². The molecular weight excluding hydrogens is 883 g/mol. The molecule has 0 fully saturated rings. The van der Waals surface area contributed by atoms with Gasteiger partial charge in [0.2, 0.25) is 0 Å². The molecule has 72 heavy (non-hydrogen) atoms. The van der Waals surface area contributed by atoms with E-state index in [-0.39, 0.29) is 21.7 Å². The van der Waals surface area contributed by atoms with E-state index in [1.807, 2.05) is 6.20 Å². The summed E-state index contributed by atoms with van der Waals surface area (Å²) < 4.78 is 9.36. The van der Waals surface area contributed by atoms with Gasteiger partial charge >= 0.3 is 0 Å². The Morgan fingerprint density at radius 3 is 1.78 bits per heavy atom. The van der Waals surface area contributed by atoms with Gasteiger partial charge in [0.15, 0.2) is 5.82 Å². The minimum atomic E-state index is -0.631. The molecule has 2 aliphatic heterocycles. The highest BCUT2D eigenvalue weighted by atomic mass is 16.5. The summed E-state index contributed by atoms with van der Waals surface area (Å²) in [5.74, 6) is 2.95. The second-order valence-corrected chi connectivity index (χ2v) is 24.7. The van der Waals surface area contributed by atoms with Crippen LogP contribution in [0.4, 0.5) is 17.1 Å². The van der Waals surface area contributed by atoms with Gasteiger partial charge in [-0.2, -0.15) is 0 Å². The Bertz CT molecular complexity index is 3640. The summed E-state index contributed by atoms with van der Waals surface area (Å²) in [6, 6.07) is 41.3. The van der Waals surface area contributed by atoms with Crippen molar-refractivity contribution < 1.29 is 4.74 Å². The minimum Gasteiger partial charge on any atom is -0.457 e. The molecule has 362 valence electrons. The van der Waals surface area contributed by atoms with Crippen LogP contribution in [0.25, 0.3) is 50.1 Å². The topological polar surface area (TPSA) is 72.2 Å². The number of benzene rings is 6. The number of hydrogen-bond donors (Lipinski definition) is 0. The smallest absolute Gasteiger partial charge is 0.164 e. The van der Waals surface area contributed by atoms with E-state index >= 15 is 0 Å². The highest BCUT2D eigenvalue weighted by molar-refractivity contribution is 6.09. The maximum Gasteiger partial charge on any atom is 0.164 e. The SMILES string of the molecule is Cc1cc(-n2c3ccccc3c3ccc(Oc4ccc5c(c4)N4CN(C)c6cccc(c64)C54c5c(cc(C(C)(C)C)cc5C(C)(C)C)-c5cc(C(C)(C)C)cc(C(C)(C)C)c54)cc32)ncc1-c1ncncn1. The van der Waals surface area contributed by atoms with Crippen molar-refractivity contribution in [3.05, 3.63) is 178 Å². The van der Waals surface area contributed by atoms with Gasteiger partial charge in [0.05, 0.1) is 40.2 Å². The largest absolute Gasteiger partial charge is 0.457 e. The van der Waals surface area contributed by atoms with Gasteiger partial charge in [-0.05, 0) is 126 Å². The molecule has 0 saturated heterocycles. The normalized spacial score (nSPS) is 14.8. The molecule has 0 saturated carbocycles. The van der Waals surface area contributed by atoms with Crippen molar-refractivity contribution in [3.8, 4) is 39.8 Å². The van der Waals surface area contributed by atoms with E-state index in [0.29, 0.717) is 5.82 Å². The molecule has 0 radical (unpaired) electrons. The number of hydrogen-bond acceptors (Lipinski definition) is 7. The van der Waals surface area contributed by atoms with Crippen molar-refractivity contribution in [2.75, 3.05) is 23.5 Å². The number of anilines is 3. The molecule has 1 aliphatic carbocycles. The molecular formula is C64H65N7O. The van der Waals surface area contributed by atoms with Gasteiger partial charge in [-0.1, -0.05) is 144 Å². The van der Waals surface area contributed by atoms with E-state index in [1.54, 1.807) is 0 Å². The van der Waals surface area contributed by atoms with Crippen LogP contribution in [-0.2, 0) is 27.1 Å². The molecule has 0 bridgehead atoms. The molecule has 0 amide bonds. The first kappa shape index (κ1) is 45.8. The van der Waals surface area contributed by atoms with Gasteiger partial charge in [0.1, 0.15) is 30.0 Å². The zero-order chi connectivity index (χ0) is 50.6. The Morgan fingerprint density at radius 2 is 1.15 bits per heavy atom. The Hall–Kier alpha value is -7.32. The molecule has 0 unspecified atom stereocenters. The van der Waals surface area contributed by atoms with Crippen LogP contribution in [0.2, 0.25) is 0 Å². The zero-order valence-corrected chi connectivity index (χ0v) is 44.4. The molecule has 3 aromatic heterocycles. The number of pyridine rings is 1. The molecule has 9 aromatic rings. The minimum absolute atomic E-state index is 0.0585. The predicted molar refractivity (Wildman–Crippen MR) is 296 cm³/mol. The average molecular weight is 948 g/mol. The summed E-state index contributed by atoms with van der Waals surface area (Å²) in [6.07, 6.45) is 4.91. The number of aryl methyl sites for hydroxylation is 1. The van der Waals surface area contributed by atoms with Crippen molar-refractivity contribution in [2.24, 2.45) is 0 Å². The number of fused-ring (bicyclic) bond motifs is 12. The maximum absolute atomic E-state index is 7.12. The molecule has 0 atom stereocenters. The van der Waals surface area contributed by atoms with Crippen LogP contribution in [0.5, 0.6) is 11.5 Å². The van der Waals surface area contributed by atoms with Crippen LogP contribution in [0.15, 0.2) is 128 Å². The highest BCUT2D eigenvalue weighted by Crippen LogP contribution is 2.68. The summed E-state index contributed by atoms with van der Waals surface area (Å²) in [5.41, 5.74) is 20.3. The van der Waals surface area contributed by atoms with E-state index in [0.717, 1.165) is 56.9 Å². The van der Waals surface area contributed by atoms with Gasteiger partial charge in [-0.15, -0.1) is 0 Å². The van der Waals surface area contributed by atoms with Gasteiger partial charge in [0, 0.05) is 41.7 Å². The van der Waals surface area contributed by atoms with Crippen molar-refractivity contribution in [1.29, 1.82) is 0 Å². The zero-order valence-electron chi connectivity index (χ0n) is 44.4. The number of nitrogens with zero attached hydrogens (tertiary/aromatic N) is 7. The van der Waals surface area contributed by atoms with Gasteiger partial charge in [-0.25, -0.2) is 19.9 Å². The van der Waals surface area contributed by atoms with Crippen molar-refractivity contribution in [2.45, 2.75) is 117 Å². The van der Waals surface area contributed by atoms with E-state index in [2.05, 4.69) is 236 Å². The molecule has 8 nitrogen and oxygen atoms in total. The Morgan fingerprint density at radius 1 is 0.542 bits per heavy atom. The third-order valence-corrected chi connectivity index (χ3v) is 15.7. The molecule has 0 N–H and O–H groups in total. The number of aromatic nitrogens is 5. The van der Waals surface area contributed by atoms with Crippen molar-refractivity contribution >= 4 is 38.9 Å². The first-order chi connectivity index (χ1) is 34.0. The van der Waals surface area contributed by atoms with Crippen molar-refractivity contribution in [3.63, 3.8) is 0 Å². The van der Waals surface area contributed by atoms with Crippen molar-refractivity contribution in [1.82, 2.24) is 24.5 Å². The molecule has 3 aliphatic rings. The quantitative estimate of drug-likeness (QED) is 0.174. The van der Waals surface area contributed by atoms with E-state index in [4.69, 9.17) is 9.72 Å². The fraction of sp³-hybridized carbons (Fsp3) is 0.312. The van der Waals surface area contributed by atoms with E-state index < -0.39 is 5.41 Å². The second-order valence-electron chi connectivity index (χ2n) is 24.7. The van der Waals surface area contributed by atoms with Crippen LogP contribution < -0.4 is 14.5 Å². The fourth-order valence-corrected chi connectivity index (χ4v) is 12.1. The van der Waals surface area contributed by atoms with E-state index in [9.17, 15) is 0 Å². The van der Waals surface area contributed by atoms with Gasteiger partial charge < -0.3 is 14.5 Å². The summed E-state index contributed by atoms with van der Waals surface area (Å²) in [6.45, 7) is 31.4. The van der Waals surface area contributed by atoms with Crippen LogP contribution in [0.1, 0.15) is 133 Å². The standard InChI is InChI=1S/C64H65N7O/c1-37-26-55(66-33-46(37)59-67-34-65-35-68-59)71-51-20-16-15-18-42(51)43-24-22-40(31-53(43)71)72-41-23-25-47-54(32-41)70-36-69(14)52-21-17-19-48(58(52)70)64(47)56-44(27-38(60(2,3)4)29-49(56)62(8,9)10)45-28-39(61(5,6)7)30-50(57(45)64)63(11,12)13/h15-35H,36H2,1-14H3.